The van der Waals surface area contributed by atoms with Gasteiger partial charge in [0.1, 0.15) is 0 Å². The van der Waals surface area contributed by atoms with Crippen molar-refractivity contribution >= 4 is 34.2 Å². The molecule has 0 radical (unpaired) electrons. The van der Waals surface area contributed by atoms with Crippen LogP contribution in [0.25, 0.3) is 5.69 Å². The van der Waals surface area contributed by atoms with Crippen LogP contribution < -0.4 is 0 Å². The van der Waals surface area contributed by atoms with Gasteiger partial charge in [0.15, 0.2) is 5.15 Å². The van der Waals surface area contributed by atoms with Crippen LogP contribution in [0, 0.1) is 5.92 Å². The number of nitrogens with zero attached hydrogens (tertiary/aromatic N) is 5. The largest absolute Gasteiger partial charge is 0.448 e. The average Bonchev–Trinajstić information content (AvgIpc) is 3.13. The molecular formula is C17H20ClN5O3S. The fourth-order valence-electron chi connectivity index (χ4n) is 2.68. The lowest BCUT2D eigenvalue weighted by molar-refractivity contribution is -0.148. The number of rotatable bonds is 5. The van der Waals surface area contributed by atoms with E-state index in [-0.39, 0.29) is 22.7 Å². The summed E-state index contributed by atoms with van der Waals surface area (Å²) in [6.45, 7) is 5.19. The predicted octanol–water partition coefficient (Wildman–Crippen LogP) is 2.19. The number of ether oxygens (including phenoxy) is 1. The first-order chi connectivity index (χ1) is 12.7. The summed E-state index contributed by atoms with van der Waals surface area (Å²) in [5.41, 5.74) is 0.210. The molecule has 1 amide bonds. The molecular weight excluding hydrogens is 390 g/mol. The monoisotopic (exact) mass is 409 g/mol. The topological polar surface area (TPSA) is 89.7 Å². The molecule has 0 saturated heterocycles. The molecule has 3 heterocycles. The molecule has 0 bridgehead atoms. The minimum absolute atomic E-state index is 0.199. The Kier molecular flexibility index (Phi) is 5.34. The van der Waals surface area contributed by atoms with Crippen molar-refractivity contribution in [2.24, 2.45) is 11.0 Å². The third kappa shape index (κ3) is 4.03. The van der Waals surface area contributed by atoms with E-state index in [1.165, 1.54) is 5.01 Å². The highest BCUT2D eigenvalue weighted by atomic mass is 35.5. The van der Waals surface area contributed by atoms with Crippen LogP contribution >= 0.6 is 11.6 Å². The van der Waals surface area contributed by atoms with Crippen LogP contribution in [0.2, 0.25) is 5.15 Å². The number of amides is 1. The molecule has 0 aliphatic carbocycles. The minimum atomic E-state index is -1.08. The van der Waals surface area contributed by atoms with Gasteiger partial charge in [-0.05, 0) is 26.0 Å². The molecule has 2 aromatic heterocycles. The molecule has 10 heteroatoms. The van der Waals surface area contributed by atoms with Crippen molar-refractivity contribution in [3.05, 3.63) is 41.4 Å². The zero-order valence-electron chi connectivity index (χ0n) is 15.4. The second-order valence-corrected chi connectivity index (χ2v) is 8.57. The molecule has 0 spiro atoms. The van der Waals surface area contributed by atoms with Gasteiger partial charge < -0.3 is 4.74 Å². The molecule has 0 aromatic carbocycles. The smallest absolute Gasteiger partial charge is 0.250 e. The zero-order valence-corrected chi connectivity index (χ0v) is 17.0. The SMILES string of the molecule is CC(CS(C)=O)C(=O)N1N=C(c2cn(-c3cccnc3)nc2Cl)OC1(C)C. The Morgan fingerprint density at radius 2 is 2.19 bits per heavy atom. The van der Waals surface area contributed by atoms with Crippen molar-refractivity contribution in [2.75, 3.05) is 12.0 Å². The zero-order chi connectivity index (χ0) is 19.8. The van der Waals surface area contributed by atoms with Gasteiger partial charge in [0.25, 0.3) is 0 Å². The Labute approximate surface area is 164 Å². The van der Waals surface area contributed by atoms with Gasteiger partial charge in [0.05, 0.1) is 17.4 Å². The number of hydrazone groups is 1. The second-order valence-electron chi connectivity index (χ2n) is 6.73. The second kappa shape index (κ2) is 7.40. The van der Waals surface area contributed by atoms with E-state index in [2.05, 4.69) is 15.2 Å². The van der Waals surface area contributed by atoms with Gasteiger partial charge in [0, 0.05) is 41.1 Å². The molecule has 8 nitrogen and oxygen atoms in total. The van der Waals surface area contributed by atoms with Crippen LogP contribution in [-0.2, 0) is 20.3 Å². The molecule has 1 aliphatic heterocycles. The van der Waals surface area contributed by atoms with Crippen LogP contribution in [0.1, 0.15) is 26.3 Å². The number of pyridine rings is 1. The summed E-state index contributed by atoms with van der Waals surface area (Å²) in [4.78, 5) is 16.8. The Balaban J connectivity index is 1.90. The quantitative estimate of drug-likeness (QED) is 0.755. The van der Waals surface area contributed by atoms with E-state index < -0.39 is 22.4 Å². The number of carbonyl (C=O) groups is 1. The molecule has 27 heavy (non-hydrogen) atoms. The molecule has 1 aliphatic rings. The fraction of sp³-hybridized carbons (Fsp3) is 0.412. The molecule has 144 valence electrons. The Morgan fingerprint density at radius 3 is 2.81 bits per heavy atom. The third-order valence-corrected chi connectivity index (χ3v) is 5.22. The van der Waals surface area contributed by atoms with Crippen molar-refractivity contribution < 1.29 is 13.7 Å². The number of hydrogen-bond donors (Lipinski definition) is 0. The fourth-order valence-corrected chi connectivity index (χ4v) is 3.74. The Morgan fingerprint density at radius 1 is 1.44 bits per heavy atom. The maximum absolute atomic E-state index is 12.7. The van der Waals surface area contributed by atoms with Crippen LogP contribution in [0.15, 0.2) is 35.8 Å². The van der Waals surface area contributed by atoms with E-state index >= 15 is 0 Å². The molecule has 0 saturated carbocycles. The molecule has 0 N–H and O–H groups in total. The summed E-state index contributed by atoms with van der Waals surface area (Å²) in [5, 5.41) is 10.1. The van der Waals surface area contributed by atoms with Gasteiger partial charge in [-0.15, -0.1) is 5.10 Å². The van der Waals surface area contributed by atoms with E-state index in [1.54, 1.807) is 56.4 Å². The summed E-state index contributed by atoms with van der Waals surface area (Å²) in [6, 6.07) is 3.63. The van der Waals surface area contributed by atoms with E-state index in [0.717, 1.165) is 5.69 Å². The minimum Gasteiger partial charge on any atom is -0.448 e. The first kappa shape index (κ1) is 19.5. The summed E-state index contributed by atoms with van der Waals surface area (Å²) < 4.78 is 18.9. The summed E-state index contributed by atoms with van der Waals surface area (Å²) in [6.07, 6.45) is 6.55. The lowest BCUT2D eigenvalue weighted by atomic mass is 10.1. The van der Waals surface area contributed by atoms with Gasteiger partial charge in [-0.3, -0.25) is 14.0 Å². The standard InChI is InChI=1S/C17H20ClN5O3S/c1-11(10-27(4)25)16(24)23-17(2,3)26-15(21-23)13-9-22(20-14(13)18)12-6-5-7-19-8-12/h5-9,11H,10H2,1-4H3. The van der Waals surface area contributed by atoms with Crippen molar-refractivity contribution in [1.29, 1.82) is 0 Å². The van der Waals surface area contributed by atoms with E-state index in [4.69, 9.17) is 16.3 Å². The van der Waals surface area contributed by atoms with Crippen LogP contribution in [0.5, 0.6) is 0 Å². The maximum atomic E-state index is 12.7. The van der Waals surface area contributed by atoms with Crippen molar-refractivity contribution in [2.45, 2.75) is 26.5 Å². The first-order valence-electron chi connectivity index (χ1n) is 8.26. The number of hydrogen-bond acceptors (Lipinski definition) is 6. The normalized spacial score (nSPS) is 18.0. The van der Waals surface area contributed by atoms with Crippen molar-refractivity contribution in [3.8, 4) is 5.69 Å². The summed E-state index contributed by atoms with van der Waals surface area (Å²) in [5.74, 6) is -0.245. The molecule has 0 fully saturated rings. The highest BCUT2D eigenvalue weighted by Crippen LogP contribution is 2.30. The van der Waals surface area contributed by atoms with Crippen molar-refractivity contribution in [1.82, 2.24) is 19.8 Å². The average molecular weight is 410 g/mol. The van der Waals surface area contributed by atoms with Crippen molar-refractivity contribution in [3.63, 3.8) is 0 Å². The molecule has 3 rings (SSSR count). The van der Waals surface area contributed by atoms with E-state index in [9.17, 15) is 9.00 Å². The van der Waals surface area contributed by atoms with Gasteiger partial charge in [-0.25, -0.2) is 4.68 Å². The summed E-state index contributed by atoms with van der Waals surface area (Å²) in [7, 11) is -1.08. The molecule has 2 unspecified atom stereocenters. The lowest BCUT2D eigenvalue weighted by Crippen LogP contribution is -2.45. The van der Waals surface area contributed by atoms with Gasteiger partial charge in [-0.1, -0.05) is 18.5 Å². The first-order valence-corrected chi connectivity index (χ1v) is 10.4. The third-order valence-electron chi connectivity index (χ3n) is 3.97. The van der Waals surface area contributed by atoms with E-state index in [1.807, 2.05) is 6.07 Å². The highest BCUT2D eigenvalue weighted by Gasteiger charge is 2.42. The number of carbonyl (C=O) groups excluding carboxylic acids is 1. The summed E-state index contributed by atoms with van der Waals surface area (Å²) >= 11 is 6.27. The Hall–Kier alpha value is -2.26. The Bertz CT molecular complexity index is 913. The van der Waals surface area contributed by atoms with Crippen LogP contribution in [0.4, 0.5) is 0 Å². The number of halogens is 1. The van der Waals surface area contributed by atoms with E-state index in [0.29, 0.717) is 5.56 Å². The highest BCUT2D eigenvalue weighted by molar-refractivity contribution is 7.84. The molecule has 2 atom stereocenters. The van der Waals surface area contributed by atoms with Gasteiger partial charge in [-0.2, -0.15) is 10.1 Å². The van der Waals surface area contributed by atoms with Gasteiger partial charge in [0.2, 0.25) is 17.5 Å². The molecule has 2 aromatic rings. The number of aromatic nitrogens is 3. The van der Waals surface area contributed by atoms with Crippen LogP contribution in [0.3, 0.4) is 0 Å². The van der Waals surface area contributed by atoms with Crippen LogP contribution in [-0.4, -0.2) is 53.5 Å². The predicted molar refractivity (Wildman–Crippen MR) is 103 cm³/mol. The maximum Gasteiger partial charge on any atom is 0.250 e. The van der Waals surface area contributed by atoms with Gasteiger partial charge >= 0.3 is 0 Å². The lowest BCUT2D eigenvalue weighted by Gasteiger charge is -2.28.